The Kier molecular flexibility index (Phi) is 5.21. The molecule has 1 aromatic heterocycles. The SMILES string of the molecule is CCN(CC)c1c(S(=O)(=O)c2ccc(Cl)cc2)c[nH+]c2ccc(C)cc12. The molecule has 1 heterocycles. The number of hydrogen-bond acceptors (Lipinski definition) is 3. The number of nitrogens with zero attached hydrogens (tertiary/aromatic N) is 1. The molecule has 6 heteroatoms. The van der Waals surface area contributed by atoms with Gasteiger partial charge in [0.25, 0.3) is 0 Å². The third kappa shape index (κ3) is 3.29. The van der Waals surface area contributed by atoms with Gasteiger partial charge in [0.2, 0.25) is 15.4 Å². The number of aryl methyl sites for hydroxylation is 1. The lowest BCUT2D eigenvalue weighted by atomic mass is 10.1. The molecule has 0 radical (unpaired) electrons. The van der Waals surface area contributed by atoms with Gasteiger partial charge in [0.1, 0.15) is 0 Å². The van der Waals surface area contributed by atoms with E-state index >= 15 is 0 Å². The van der Waals surface area contributed by atoms with Gasteiger partial charge in [0, 0.05) is 24.2 Å². The number of aromatic amines is 1. The van der Waals surface area contributed by atoms with Crippen LogP contribution in [0.4, 0.5) is 5.69 Å². The van der Waals surface area contributed by atoms with Gasteiger partial charge in [-0.15, -0.1) is 0 Å². The summed E-state index contributed by atoms with van der Waals surface area (Å²) in [7, 11) is -3.69. The summed E-state index contributed by atoms with van der Waals surface area (Å²) in [6, 6.07) is 12.3. The third-order valence-corrected chi connectivity index (χ3v) is 6.55. The second-order valence-electron chi connectivity index (χ2n) is 6.18. The molecule has 1 N–H and O–H groups in total. The summed E-state index contributed by atoms with van der Waals surface area (Å²) in [6.07, 6.45) is 1.59. The van der Waals surface area contributed by atoms with E-state index in [0.717, 1.165) is 22.2 Å². The summed E-state index contributed by atoms with van der Waals surface area (Å²) in [4.78, 5) is 5.74. The van der Waals surface area contributed by atoms with Crippen molar-refractivity contribution in [1.29, 1.82) is 0 Å². The van der Waals surface area contributed by atoms with E-state index in [-0.39, 0.29) is 9.79 Å². The van der Waals surface area contributed by atoms with Crippen LogP contribution in [0.15, 0.2) is 58.5 Å². The van der Waals surface area contributed by atoms with Gasteiger partial charge in [-0.05, 0) is 56.7 Å². The number of sulfone groups is 1. The first kappa shape index (κ1) is 18.7. The van der Waals surface area contributed by atoms with Crippen molar-refractivity contribution in [3.8, 4) is 0 Å². The van der Waals surface area contributed by atoms with Crippen LogP contribution in [0.3, 0.4) is 0 Å². The quantitative estimate of drug-likeness (QED) is 0.653. The van der Waals surface area contributed by atoms with E-state index in [4.69, 9.17) is 11.6 Å². The first-order chi connectivity index (χ1) is 12.4. The maximum atomic E-state index is 13.3. The van der Waals surface area contributed by atoms with E-state index in [2.05, 4.69) is 9.88 Å². The Labute approximate surface area is 159 Å². The average Bonchev–Trinajstić information content (AvgIpc) is 2.63. The number of rotatable bonds is 5. The Bertz CT molecular complexity index is 1040. The Hall–Kier alpha value is -2.11. The maximum absolute atomic E-state index is 13.3. The van der Waals surface area contributed by atoms with Gasteiger partial charge in [0.15, 0.2) is 11.1 Å². The van der Waals surface area contributed by atoms with Gasteiger partial charge >= 0.3 is 0 Å². The van der Waals surface area contributed by atoms with Crippen LogP contribution in [-0.4, -0.2) is 21.5 Å². The zero-order valence-electron chi connectivity index (χ0n) is 15.1. The number of nitrogens with one attached hydrogen (secondary N) is 1. The first-order valence-corrected chi connectivity index (χ1v) is 10.4. The molecule has 0 aliphatic carbocycles. The lowest BCUT2D eigenvalue weighted by molar-refractivity contribution is -0.347. The predicted octanol–water partition coefficient (Wildman–Crippen LogP) is 4.29. The lowest BCUT2D eigenvalue weighted by Gasteiger charge is -2.24. The van der Waals surface area contributed by atoms with E-state index in [1.807, 2.05) is 39.0 Å². The van der Waals surface area contributed by atoms with E-state index in [1.165, 1.54) is 0 Å². The van der Waals surface area contributed by atoms with Crippen LogP contribution in [0.2, 0.25) is 5.02 Å². The highest BCUT2D eigenvalue weighted by molar-refractivity contribution is 7.91. The van der Waals surface area contributed by atoms with Crippen molar-refractivity contribution >= 4 is 38.0 Å². The summed E-state index contributed by atoms with van der Waals surface area (Å²) in [5.41, 5.74) is 2.73. The van der Waals surface area contributed by atoms with Gasteiger partial charge in [-0.2, -0.15) is 0 Å². The molecule has 26 heavy (non-hydrogen) atoms. The highest BCUT2D eigenvalue weighted by Crippen LogP contribution is 2.35. The number of fused-ring (bicyclic) bond motifs is 1. The number of benzene rings is 2. The monoisotopic (exact) mass is 389 g/mol. The Morgan fingerprint density at radius 2 is 1.69 bits per heavy atom. The minimum atomic E-state index is -3.69. The van der Waals surface area contributed by atoms with Crippen LogP contribution < -0.4 is 9.88 Å². The maximum Gasteiger partial charge on any atom is 0.214 e. The van der Waals surface area contributed by atoms with Crippen LogP contribution in [0, 0.1) is 6.92 Å². The molecule has 0 atom stereocenters. The number of halogens is 1. The van der Waals surface area contributed by atoms with Crippen LogP contribution in [0.25, 0.3) is 10.9 Å². The number of anilines is 1. The molecular weight excluding hydrogens is 368 g/mol. The fourth-order valence-corrected chi connectivity index (χ4v) is 4.72. The molecule has 0 aliphatic rings. The minimum Gasteiger partial charge on any atom is -0.370 e. The molecule has 0 unspecified atom stereocenters. The fraction of sp³-hybridized carbons (Fsp3) is 0.250. The highest BCUT2D eigenvalue weighted by atomic mass is 35.5. The zero-order valence-corrected chi connectivity index (χ0v) is 16.7. The lowest BCUT2D eigenvalue weighted by Crippen LogP contribution is -2.26. The largest absolute Gasteiger partial charge is 0.370 e. The highest BCUT2D eigenvalue weighted by Gasteiger charge is 2.28. The molecule has 4 nitrogen and oxygen atoms in total. The molecule has 136 valence electrons. The minimum absolute atomic E-state index is 0.232. The van der Waals surface area contributed by atoms with Crippen LogP contribution >= 0.6 is 11.6 Å². The molecule has 2 aromatic carbocycles. The van der Waals surface area contributed by atoms with Crippen molar-refractivity contribution in [3.63, 3.8) is 0 Å². The second kappa shape index (κ2) is 7.25. The molecule has 0 aliphatic heterocycles. The zero-order chi connectivity index (χ0) is 18.9. The Morgan fingerprint density at radius 1 is 1.04 bits per heavy atom. The molecule has 3 rings (SSSR count). The predicted molar refractivity (Wildman–Crippen MR) is 106 cm³/mol. The van der Waals surface area contributed by atoms with Gasteiger partial charge in [-0.3, -0.25) is 0 Å². The molecule has 0 bridgehead atoms. The number of H-pyrrole nitrogens is 1. The topological polar surface area (TPSA) is 51.5 Å². The molecule has 0 saturated carbocycles. The van der Waals surface area contributed by atoms with Crippen molar-refractivity contribution in [2.45, 2.75) is 30.6 Å². The number of aromatic nitrogens is 1. The summed E-state index contributed by atoms with van der Waals surface area (Å²) >= 11 is 5.92. The van der Waals surface area contributed by atoms with Gasteiger partial charge < -0.3 is 4.90 Å². The van der Waals surface area contributed by atoms with E-state index < -0.39 is 9.84 Å². The summed E-state index contributed by atoms with van der Waals surface area (Å²) in [5.74, 6) is 0. The van der Waals surface area contributed by atoms with Crippen molar-refractivity contribution < 1.29 is 13.4 Å². The summed E-state index contributed by atoms with van der Waals surface area (Å²) in [5, 5.41) is 1.41. The van der Waals surface area contributed by atoms with Crippen molar-refractivity contribution in [3.05, 3.63) is 59.2 Å². The summed E-state index contributed by atoms with van der Waals surface area (Å²) < 4.78 is 26.7. The van der Waals surface area contributed by atoms with Gasteiger partial charge in [-0.1, -0.05) is 17.7 Å². The van der Waals surface area contributed by atoms with E-state index in [9.17, 15) is 8.42 Å². The number of pyridine rings is 1. The molecule has 0 spiro atoms. The molecule has 0 amide bonds. The van der Waals surface area contributed by atoms with Crippen LogP contribution in [-0.2, 0) is 9.84 Å². The van der Waals surface area contributed by atoms with Crippen molar-refractivity contribution in [2.75, 3.05) is 18.0 Å². The van der Waals surface area contributed by atoms with Gasteiger partial charge in [-0.25, -0.2) is 13.4 Å². The van der Waals surface area contributed by atoms with Crippen molar-refractivity contribution in [2.24, 2.45) is 0 Å². The van der Waals surface area contributed by atoms with Crippen LogP contribution in [0.1, 0.15) is 19.4 Å². The smallest absolute Gasteiger partial charge is 0.214 e. The fourth-order valence-electron chi connectivity index (χ4n) is 3.14. The van der Waals surface area contributed by atoms with E-state index in [0.29, 0.717) is 18.1 Å². The van der Waals surface area contributed by atoms with E-state index in [1.54, 1.807) is 30.5 Å². The third-order valence-electron chi connectivity index (χ3n) is 4.52. The van der Waals surface area contributed by atoms with Crippen molar-refractivity contribution in [1.82, 2.24) is 0 Å². The molecule has 0 fully saturated rings. The Morgan fingerprint density at radius 3 is 2.31 bits per heavy atom. The van der Waals surface area contributed by atoms with Gasteiger partial charge in [0.05, 0.1) is 16.0 Å². The van der Waals surface area contributed by atoms with Crippen LogP contribution in [0.5, 0.6) is 0 Å². The Balaban J connectivity index is 2.34. The standard InChI is InChI=1S/C20H21ClN2O2S/c1-4-23(5-2)20-17-12-14(3)6-11-18(17)22-13-19(20)26(24,25)16-9-7-15(21)8-10-16/h6-13H,4-5H2,1-3H3/p+1. The first-order valence-electron chi connectivity index (χ1n) is 8.59. The second-order valence-corrected chi connectivity index (χ2v) is 8.53. The molecular formula is C20H22ClN2O2S+. The average molecular weight is 390 g/mol. The normalized spacial score (nSPS) is 11.7. The molecule has 3 aromatic rings. The summed E-state index contributed by atoms with van der Waals surface area (Å²) in [6.45, 7) is 7.49. The number of hydrogen-bond donors (Lipinski definition) is 0. The molecule has 0 saturated heterocycles.